The SMILES string of the molecule is CC(C)C(NC(=O)N1CCN(C(=O)C23CC4CC(CC(C4)C2)C3)CC1)c1ccccc1. The predicted molar refractivity (Wildman–Crippen MR) is 121 cm³/mol. The summed E-state index contributed by atoms with van der Waals surface area (Å²) >= 11 is 0. The zero-order valence-corrected chi connectivity index (χ0v) is 19.1. The van der Waals surface area contributed by atoms with E-state index in [9.17, 15) is 9.59 Å². The smallest absolute Gasteiger partial charge is 0.318 e. The summed E-state index contributed by atoms with van der Waals surface area (Å²) in [4.78, 5) is 30.6. The van der Waals surface area contributed by atoms with E-state index in [4.69, 9.17) is 0 Å². The normalized spacial score (nSPS) is 32.9. The Balaban J connectivity index is 1.19. The molecule has 1 aromatic carbocycles. The number of carbonyl (C=O) groups is 2. The largest absolute Gasteiger partial charge is 0.339 e. The number of nitrogens with zero attached hydrogens (tertiary/aromatic N) is 2. The number of rotatable bonds is 4. The quantitative estimate of drug-likeness (QED) is 0.778. The van der Waals surface area contributed by atoms with E-state index in [1.54, 1.807) is 0 Å². The number of carbonyl (C=O) groups excluding carboxylic acids is 2. The Labute approximate surface area is 186 Å². The number of nitrogens with one attached hydrogen (secondary N) is 1. The van der Waals surface area contributed by atoms with E-state index in [0.29, 0.717) is 38.0 Å². The molecular weight excluding hydrogens is 386 g/mol. The lowest BCUT2D eigenvalue weighted by molar-refractivity contribution is -0.159. The summed E-state index contributed by atoms with van der Waals surface area (Å²) in [6, 6.07) is 10.2. The molecule has 5 nitrogen and oxygen atoms in total. The highest BCUT2D eigenvalue weighted by molar-refractivity contribution is 5.84. The molecule has 31 heavy (non-hydrogen) atoms. The molecule has 4 bridgehead atoms. The Morgan fingerprint density at radius 2 is 1.39 bits per heavy atom. The van der Waals surface area contributed by atoms with E-state index < -0.39 is 0 Å². The summed E-state index contributed by atoms with van der Waals surface area (Å²) in [6.07, 6.45) is 7.43. The topological polar surface area (TPSA) is 52.7 Å². The molecular formula is C26H37N3O2. The average molecular weight is 424 g/mol. The predicted octanol–water partition coefficient (Wildman–Crippen LogP) is 4.45. The van der Waals surface area contributed by atoms with Gasteiger partial charge in [0.15, 0.2) is 0 Å². The van der Waals surface area contributed by atoms with Crippen LogP contribution in [0, 0.1) is 29.1 Å². The van der Waals surface area contributed by atoms with Crippen LogP contribution in [-0.2, 0) is 4.79 Å². The van der Waals surface area contributed by atoms with Crippen molar-refractivity contribution in [1.29, 1.82) is 0 Å². The monoisotopic (exact) mass is 423 g/mol. The van der Waals surface area contributed by atoms with Gasteiger partial charge < -0.3 is 15.1 Å². The van der Waals surface area contributed by atoms with Gasteiger partial charge in [0.1, 0.15) is 0 Å². The zero-order valence-electron chi connectivity index (χ0n) is 19.1. The van der Waals surface area contributed by atoms with Gasteiger partial charge in [0, 0.05) is 26.2 Å². The molecule has 1 heterocycles. The van der Waals surface area contributed by atoms with Crippen LogP contribution in [0.15, 0.2) is 30.3 Å². The molecule has 5 fully saturated rings. The first-order valence-electron chi connectivity index (χ1n) is 12.3. The van der Waals surface area contributed by atoms with Gasteiger partial charge in [-0.3, -0.25) is 4.79 Å². The van der Waals surface area contributed by atoms with Crippen LogP contribution < -0.4 is 5.32 Å². The van der Waals surface area contributed by atoms with Gasteiger partial charge in [-0.1, -0.05) is 44.2 Å². The minimum Gasteiger partial charge on any atom is -0.339 e. The molecule has 1 atom stereocenters. The Morgan fingerprint density at radius 3 is 1.90 bits per heavy atom. The van der Waals surface area contributed by atoms with Crippen molar-refractivity contribution in [2.45, 2.75) is 58.4 Å². The maximum absolute atomic E-state index is 13.6. The van der Waals surface area contributed by atoms with Gasteiger partial charge in [-0.25, -0.2) is 4.79 Å². The van der Waals surface area contributed by atoms with Crippen molar-refractivity contribution >= 4 is 11.9 Å². The molecule has 6 rings (SSSR count). The lowest BCUT2D eigenvalue weighted by atomic mass is 9.49. The van der Waals surface area contributed by atoms with Crippen LogP contribution in [0.4, 0.5) is 4.79 Å². The highest BCUT2D eigenvalue weighted by Crippen LogP contribution is 2.60. The van der Waals surface area contributed by atoms with Gasteiger partial charge in [0.25, 0.3) is 0 Å². The molecule has 0 radical (unpaired) electrons. The van der Waals surface area contributed by atoms with E-state index in [1.165, 1.54) is 19.3 Å². The van der Waals surface area contributed by atoms with E-state index in [2.05, 4.69) is 36.2 Å². The molecule has 1 unspecified atom stereocenters. The number of hydrogen-bond donors (Lipinski definition) is 1. The van der Waals surface area contributed by atoms with Crippen molar-refractivity contribution in [3.8, 4) is 0 Å². The Morgan fingerprint density at radius 1 is 0.871 bits per heavy atom. The standard InChI is InChI=1S/C26H37N3O2/c1-18(2)23(22-6-4-3-5-7-22)27-25(31)29-10-8-28(9-11-29)24(30)26-15-19-12-20(16-26)14-21(13-19)17-26/h3-7,18-21,23H,8-17H2,1-2H3,(H,27,31). The maximum atomic E-state index is 13.6. The number of piperazine rings is 1. The van der Waals surface area contributed by atoms with Crippen LogP contribution >= 0.6 is 0 Å². The van der Waals surface area contributed by atoms with Gasteiger partial charge in [-0.05, 0) is 67.8 Å². The van der Waals surface area contributed by atoms with E-state index in [0.717, 1.165) is 42.6 Å². The molecule has 1 N–H and O–H groups in total. The summed E-state index contributed by atoms with van der Waals surface area (Å²) in [5.74, 6) is 3.07. The molecule has 1 aromatic rings. The molecule has 4 saturated carbocycles. The van der Waals surface area contributed by atoms with Crippen molar-refractivity contribution in [1.82, 2.24) is 15.1 Å². The van der Waals surface area contributed by atoms with Crippen molar-refractivity contribution in [3.05, 3.63) is 35.9 Å². The van der Waals surface area contributed by atoms with Crippen LogP contribution in [0.2, 0.25) is 0 Å². The Kier molecular flexibility index (Phi) is 5.47. The first-order chi connectivity index (χ1) is 14.9. The van der Waals surface area contributed by atoms with Crippen molar-refractivity contribution in [3.63, 3.8) is 0 Å². The number of hydrogen-bond acceptors (Lipinski definition) is 2. The zero-order chi connectivity index (χ0) is 21.6. The summed E-state index contributed by atoms with van der Waals surface area (Å²) in [7, 11) is 0. The summed E-state index contributed by atoms with van der Waals surface area (Å²) in [6.45, 7) is 6.88. The molecule has 1 saturated heterocycles. The third kappa shape index (κ3) is 3.96. The van der Waals surface area contributed by atoms with Crippen LogP contribution in [0.1, 0.15) is 64.0 Å². The van der Waals surface area contributed by atoms with Gasteiger partial charge in [0.05, 0.1) is 11.5 Å². The van der Waals surface area contributed by atoms with Crippen molar-refractivity contribution in [2.75, 3.05) is 26.2 Å². The molecule has 0 spiro atoms. The number of urea groups is 1. The molecule has 3 amide bonds. The second kappa shape index (κ2) is 8.14. The van der Waals surface area contributed by atoms with Gasteiger partial charge >= 0.3 is 6.03 Å². The summed E-state index contributed by atoms with van der Waals surface area (Å²) in [5, 5.41) is 3.24. The molecule has 4 aliphatic carbocycles. The first-order valence-corrected chi connectivity index (χ1v) is 12.3. The van der Waals surface area contributed by atoms with Crippen LogP contribution in [0.25, 0.3) is 0 Å². The molecule has 168 valence electrons. The van der Waals surface area contributed by atoms with Crippen LogP contribution in [-0.4, -0.2) is 47.9 Å². The first kappa shape index (κ1) is 20.8. The van der Waals surface area contributed by atoms with Crippen LogP contribution in [0.5, 0.6) is 0 Å². The minimum atomic E-state index is -0.0742. The van der Waals surface area contributed by atoms with Crippen molar-refractivity contribution < 1.29 is 9.59 Å². The summed E-state index contributed by atoms with van der Waals surface area (Å²) in [5.41, 5.74) is 1.07. The maximum Gasteiger partial charge on any atom is 0.318 e. The third-order valence-corrected chi connectivity index (χ3v) is 8.45. The highest BCUT2D eigenvalue weighted by Gasteiger charge is 2.55. The Hall–Kier alpha value is -2.04. The second-order valence-electron chi connectivity index (χ2n) is 11.1. The summed E-state index contributed by atoms with van der Waals surface area (Å²) < 4.78 is 0. The highest BCUT2D eigenvalue weighted by atomic mass is 16.2. The van der Waals surface area contributed by atoms with Gasteiger partial charge in [-0.15, -0.1) is 0 Å². The van der Waals surface area contributed by atoms with E-state index in [1.807, 2.05) is 23.1 Å². The number of amides is 3. The fourth-order valence-electron chi connectivity index (χ4n) is 7.34. The average Bonchev–Trinajstić information content (AvgIpc) is 2.76. The molecule has 5 aliphatic rings. The van der Waals surface area contributed by atoms with Gasteiger partial charge in [-0.2, -0.15) is 0 Å². The molecule has 5 heteroatoms. The van der Waals surface area contributed by atoms with Crippen molar-refractivity contribution in [2.24, 2.45) is 29.1 Å². The van der Waals surface area contributed by atoms with E-state index >= 15 is 0 Å². The third-order valence-electron chi connectivity index (χ3n) is 8.45. The molecule has 0 aromatic heterocycles. The van der Waals surface area contributed by atoms with Gasteiger partial charge in [0.2, 0.25) is 5.91 Å². The fourth-order valence-corrected chi connectivity index (χ4v) is 7.34. The Bertz CT molecular complexity index is 778. The van der Waals surface area contributed by atoms with Crippen LogP contribution in [0.3, 0.4) is 0 Å². The molecule has 1 aliphatic heterocycles. The fraction of sp³-hybridized carbons (Fsp3) is 0.692. The minimum absolute atomic E-state index is 0.000358. The second-order valence-corrected chi connectivity index (χ2v) is 11.1. The number of benzene rings is 1. The van der Waals surface area contributed by atoms with E-state index in [-0.39, 0.29) is 17.5 Å². The lowest BCUT2D eigenvalue weighted by Crippen LogP contribution is -2.59. The lowest BCUT2D eigenvalue weighted by Gasteiger charge is -2.57.